The van der Waals surface area contributed by atoms with Gasteiger partial charge >= 0.3 is 6.03 Å². The molecule has 126 valence electrons. The molecule has 10 heteroatoms. The van der Waals surface area contributed by atoms with E-state index in [0.29, 0.717) is 19.6 Å². The molecule has 2 aliphatic rings. The average Bonchev–Trinajstić information content (AvgIpc) is 3.04. The number of nitrogens with one attached hydrogen (secondary N) is 3. The number of carbonyl (C=O) groups is 2. The van der Waals surface area contributed by atoms with Gasteiger partial charge in [0, 0.05) is 32.6 Å². The van der Waals surface area contributed by atoms with Gasteiger partial charge in [-0.1, -0.05) is 0 Å². The van der Waals surface area contributed by atoms with Gasteiger partial charge in [-0.05, 0) is 0 Å². The van der Waals surface area contributed by atoms with E-state index in [9.17, 15) is 9.59 Å². The van der Waals surface area contributed by atoms with E-state index in [2.05, 4.69) is 20.7 Å². The molecule has 10 nitrogen and oxygen atoms in total. The molecule has 1 unspecified atom stereocenters. The fraction of sp³-hybridized carbons (Fsp3) is 0.538. The first kappa shape index (κ1) is 16.7. The van der Waals surface area contributed by atoms with E-state index in [4.69, 9.17) is 5.21 Å². The molecule has 0 spiro atoms. The van der Waals surface area contributed by atoms with Crippen LogP contribution in [0.1, 0.15) is 24.2 Å². The molecule has 0 radical (unpaired) electrons. The first-order valence-corrected chi connectivity index (χ1v) is 7.21. The molecule has 23 heavy (non-hydrogen) atoms. The maximum atomic E-state index is 11.6. The first-order chi connectivity index (χ1) is 11.1. The van der Waals surface area contributed by atoms with Crippen LogP contribution in [-0.2, 0) is 17.9 Å². The van der Waals surface area contributed by atoms with Gasteiger partial charge in [0.2, 0.25) is 5.91 Å². The highest BCUT2D eigenvalue weighted by Gasteiger charge is 2.37. The molecule has 1 fully saturated rings. The molecular formula is C13H21N7O3. The van der Waals surface area contributed by atoms with E-state index in [-0.39, 0.29) is 18.0 Å². The summed E-state index contributed by atoms with van der Waals surface area (Å²) < 4.78 is 1.87. The van der Waals surface area contributed by atoms with Crippen molar-refractivity contribution in [3.63, 3.8) is 0 Å². The Balaban J connectivity index is 0.000000338. The molecule has 0 saturated carbocycles. The Morgan fingerprint density at radius 1 is 1.65 bits per heavy atom. The Bertz CT molecular complexity index is 598. The second-order valence-electron chi connectivity index (χ2n) is 5.15. The molecule has 0 aliphatic carbocycles. The first-order valence-electron chi connectivity index (χ1n) is 7.21. The number of hydroxylamine groups is 1. The maximum Gasteiger partial charge on any atom is 0.318 e. The molecule has 3 heterocycles. The SMILES string of the molecule is CC(=O)NCCn1ncc2c1CN1CC2NC1=O.CN=CNO. The molecule has 3 rings (SSSR count). The Hall–Kier alpha value is -2.62. The zero-order valence-electron chi connectivity index (χ0n) is 13.1. The van der Waals surface area contributed by atoms with Crippen LogP contribution in [0.5, 0.6) is 0 Å². The van der Waals surface area contributed by atoms with Crippen LogP contribution in [-0.4, -0.2) is 58.3 Å². The highest BCUT2D eigenvalue weighted by atomic mass is 16.5. The molecular weight excluding hydrogens is 302 g/mol. The Morgan fingerprint density at radius 3 is 3.04 bits per heavy atom. The van der Waals surface area contributed by atoms with Gasteiger partial charge in [-0.2, -0.15) is 5.10 Å². The summed E-state index contributed by atoms with van der Waals surface area (Å²) in [4.78, 5) is 27.5. The highest BCUT2D eigenvalue weighted by Crippen LogP contribution is 2.30. The number of amides is 3. The molecule has 2 bridgehead atoms. The lowest BCUT2D eigenvalue weighted by molar-refractivity contribution is -0.118. The van der Waals surface area contributed by atoms with Gasteiger partial charge in [-0.3, -0.25) is 25.2 Å². The third kappa shape index (κ3) is 3.97. The monoisotopic (exact) mass is 323 g/mol. The largest absolute Gasteiger partial charge is 0.354 e. The zero-order valence-corrected chi connectivity index (χ0v) is 13.1. The zero-order chi connectivity index (χ0) is 16.8. The van der Waals surface area contributed by atoms with Crippen molar-refractivity contribution in [2.75, 3.05) is 20.1 Å². The van der Waals surface area contributed by atoms with Crippen LogP contribution in [0.25, 0.3) is 0 Å². The Labute approximate surface area is 133 Å². The lowest BCUT2D eigenvalue weighted by Gasteiger charge is -2.21. The second-order valence-corrected chi connectivity index (χ2v) is 5.15. The normalized spacial score (nSPS) is 18.1. The highest BCUT2D eigenvalue weighted by molar-refractivity contribution is 5.78. The van der Waals surface area contributed by atoms with Crippen LogP contribution in [0.2, 0.25) is 0 Å². The van der Waals surface area contributed by atoms with Gasteiger partial charge in [-0.25, -0.2) is 4.79 Å². The fourth-order valence-corrected chi connectivity index (χ4v) is 2.56. The van der Waals surface area contributed by atoms with Gasteiger partial charge in [0.05, 0.1) is 31.0 Å². The molecule has 2 aliphatic heterocycles. The lowest BCUT2D eigenvalue weighted by Crippen LogP contribution is -2.31. The molecule has 4 N–H and O–H groups in total. The van der Waals surface area contributed by atoms with E-state index < -0.39 is 0 Å². The third-order valence-corrected chi connectivity index (χ3v) is 3.57. The minimum absolute atomic E-state index is 0.00962. The maximum absolute atomic E-state index is 11.6. The number of nitrogens with zero attached hydrogens (tertiary/aromatic N) is 4. The van der Waals surface area contributed by atoms with Crippen LogP contribution >= 0.6 is 0 Å². The standard InChI is InChI=1S/C11H15N5O2.C2H6N2O/c1-7(17)12-2-3-16-10-6-15-5-9(14-11(15)18)8(10)4-13-16;1-3-2-4-5/h4,9H,2-3,5-6H2,1H3,(H,12,17)(H,14,18);2,5H,1H3,(H,3,4). The molecule has 3 amide bonds. The van der Waals surface area contributed by atoms with Gasteiger partial charge in [0.1, 0.15) is 6.34 Å². The Kier molecular flexibility index (Phi) is 5.52. The summed E-state index contributed by atoms with van der Waals surface area (Å²) in [6.45, 7) is 3.99. The molecule has 0 aromatic carbocycles. The third-order valence-electron chi connectivity index (χ3n) is 3.57. The minimum atomic E-state index is -0.0447. The van der Waals surface area contributed by atoms with Crippen molar-refractivity contribution in [2.45, 2.75) is 26.1 Å². The minimum Gasteiger partial charge on any atom is -0.354 e. The van der Waals surface area contributed by atoms with Crippen molar-refractivity contribution in [1.29, 1.82) is 0 Å². The predicted molar refractivity (Wildman–Crippen MR) is 81.9 cm³/mol. The van der Waals surface area contributed by atoms with Gasteiger partial charge < -0.3 is 15.5 Å². The summed E-state index contributed by atoms with van der Waals surface area (Å²) in [5, 5.41) is 17.7. The van der Waals surface area contributed by atoms with Crippen molar-refractivity contribution in [2.24, 2.45) is 4.99 Å². The number of carbonyl (C=O) groups excluding carboxylic acids is 2. The van der Waals surface area contributed by atoms with Crippen molar-refractivity contribution in [1.82, 2.24) is 30.8 Å². The number of fused-ring (bicyclic) bond motifs is 4. The predicted octanol–water partition coefficient (Wildman–Crippen LogP) is -0.778. The summed E-state index contributed by atoms with van der Waals surface area (Å²) in [6, 6.07) is 0.0559. The van der Waals surface area contributed by atoms with Gasteiger partial charge in [-0.15, -0.1) is 0 Å². The fourth-order valence-electron chi connectivity index (χ4n) is 2.56. The summed E-state index contributed by atoms with van der Waals surface area (Å²) in [5.74, 6) is -0.0447. The number of urea groups is 1. The Morgan fingerprint density at radius 2 is 2.43 bits per heavy atom. The van der Waals surface area contributed by atoms with E-state index in [0.717, 1.165) is 17.8 Å². The van der Waals surface area contributed by atoms with Crippen LogP contribution in [0.3, 0.4) is 0 Å². The summed E-state index contributed by atoms with van der Waals surface area (Å²) in [5.41, 5.74) is 3.89. The molecule has 1 aromatic rings. The van der Waals surface area contributed by atoms with Gasteiger partial charge in [0.15, 0.2) is 0 Å². The van der Waals surface area contributed by atoms with E-state index in [1.54, 1.807) is 17.4 Å². The quantitative estimate of drug-likeness (QED) is 0.329. The average molecular weight is 323 g/mol. The van der Waals surface area contributed by atoms with Crippen molar-refractivity contribution in [3.8, 4) is 0 Å². The van der Waals surface area contributed by atoms with E-state index in [1.165, 1.54) is 13.3 Å². The van der Waals surface area contributed by atoms with E-state index >= 15 is 0 Å². The van der Waals surface area contributed by atoms with Crippen LogP contribution < -0.4 is 16.1 Å². The number of aliphatic imine (C=N–C) groups is 1. The summed E-state index contributed by atoms with van der Waals surface area (Å²) >= 11 is 0. The smallest absolute Gasteiger partial charge is 0.318 e. The van der Waals surface area contributed by atoms with Crippen molar-refractivity contribution >= 4 is 18.3 Å². The lowest BCUT2D eigenvalue weighted by atomic mass is 10.1. The van der Waals surface area contributed by atoms with Crippen molar-refractivity contribution in [3.05, 3.63) is 17.5 Å². The van der Waals surface area contributed by atoms with Crippen LogP contribution in [0.4, 0.5) is 4.79 Å². The molecule has 1 saturated heterocycles. The molecule has 1 atom stereocenters. The van der Waals surface area contributed by atoms with E-state index in [1.807, 2.05) is 10.9 Å². The topological polar surface area (TPSA) is 124 Å². The number of aromatic nitrogens is 2. The van der Waals surface area contributed by atoms with Crippen LogP contribution in [0, 0.1) is 0 Å². The second kappa shape index (κ2) is 7.58. The number of hydrogen-bond donors (Lipinski definition) is 4. The van der Waals surface area contributed by atoms with Crippen molar-refractivity contribution < 1.29 is 14.8 Å². The number of rotatable bonds is 4. The summed E-state index contributed by atoms with van der Waals surface area (Å²) in [7, 11) is 1.56. The van der Waals surface area contributed by atoms with Crippen LogP contribution in [0.15, 0.2) is 11.2 Å². The molecule has 1 aromatic heterocycles. The number of hydrogen-bond acceptors (Lipinski definition) is 5. The summed E-state index contributed by atoms with van der Waals surface area (Å²) in [6.07, 6.45) is 3.00. The van der Waals surface area contributed by atoms with Gasteiger partial charge in [0.25, 0.3) is 0 Å².